The maximum absolute atomic E-state index is 12.4. The Morgan fingerprint density at radius 3 is 2.39 bits per heavy atom. The van der Waals surface area contributed by atoms with Crippen LogP contribution < -0.4 is 5.32 Å². The molecule has 0 unspecified atom stereocenters. The molecule has 28 heavy (non-hydrogen) atoms. The van der Waals surface area contributed by atoms with Crippen molar-refractivity contribution < 1.29 is 9.59 Å². The van der Waals surface area contributed by atoms with Crippen molar-refractivity contribution in [1.29, 1.82) is 0 Å². The van der Waals surface area contributed by atoms with E-state index < -0.39 is 6.04 Å². The topological polar surface area (TPSA) is 89.8 Å². The van der Waals surface area contributed by atoms with Crippen LogP contribution in [0.1, 0.15) is 25.0 Å². The van der Waals surface area contributed by atoms with E-state index in [2.05, 4.69) is 27.7 Å². The third-order valence-corrected chi connectivity index (χ3v) is 4.47. The van der Waals surface area contributed by atoms with Crippen LogP contribution >= 0.6 is 0 Å². The number of hydrogen-bond donors (Lipinski definition) is 1. The molecular formula is C21H23N5O2. The molecule has 0 aliphatic rings. The van der Waals surface area contributed by atoms with Crippen LogP contribution in [0.4, 0.5) is 0 Å². The van der Waals surface area contributed by atoms with Gasteiger partial charge < -0.3 is 5.32 Å². The zero-order valence-electron chi connectivity index (χ0n) is 16.0. The average Bonchev–Trinajstić information content (AvgIpc) is 3.16. The molecule has 0 saturated heterocycles. The molecule has 0 fully saturated rings. The molecule has 0 bridgehead atoms. The van der Waals surface area contributed by atoms with E-state index in [-0.39, 0.29) is 18.2 Å². The van der Waals surface area contributed by atoms with Crippen LogP contribution in [0.3, 0.4) is 0 Å². The minimum atomic E-state index is -0.584. The van der Waals surface area contributed by atoms with E-state index in [4.69, 9.17) is 0 Å². The number of hydrogen-bond acceptors (Lipinski definition) is 5. The van der Waals surface area contributed by atoms with Gasteiger partial charge >= 0.3 is 0 Å². The Bertz CT molecular complexity index is 935. The number of amides is 1. The van der Waals surface area contributed by atoms with Gasteiger partial charge in [-0.05, 0) is 36.1 Å². The second-order valence-corrected chi connectivity index (χ2v) is 6.61. The Kier molecular flexibility index (Phi) is 6.26. The molecule has 1 N–H and O–H groups in total. The molecule has 3 aromatic rings. The number of rotatable bonds is 8. The number of carbonyl (C=O) groups excluding carboxylic acids is 2. The molecule has 3 rings (SSSR count). The Labute approximate surface area is 163 Å². The summed E-state index contributed by atoms with van der Waals surface area (Å²) >= 11 is 0. The molecule has 1 aromatic heterocycles. The van der Waals surface area contributed by atoms with E-state index in [0.29, 0.717) is 12.2 Å². The summed E-state index contributed by atoms with van der Waals surface area (Å²) in [6.07, 6.45) is 1.41. The number of Topliss-reactive ketones (excluding diaryl/α,β-unsaturated/α-hetero) is 1. The van der Waals surface area contributed by atoms with Crippen molar-refractivity contribution in [1.82, 2.24) is 25.5 Å². The Hall–Kier alpha value is -3.35. The molecule has 0 radical (unpaired) electrons. The van der Waals surface area contributed by atoms with E-state index in [0.717, 1.165) is 17.5 Å². The lowest BCUT2D eigenvalue weighted by molar-refractivity contribution is -0.127. The number of aromatic nitrogens is 4. The number of nitrogens with one attached hydrogen (secondary N) is 1. The van der Waals surface area contributed by atoms with Crippen molar-refractivity contribution in [3.05, 3.63) is 65.7 Å². The van der Waals surface area contributed by atoms with Crippen LogP contribution in [0, 0.1) is 0 Å². The molecule has 2 aromatic carbocycles. The molecule has 0 aliphatic heterocycles. The summed E-state index contributed by atoms with van der Waals surface area (Å²) in [5, 5.41) is 15.0. The van der Waals surface area contributed by atoms with Gasteiger partial charge in [0.25, 0.3) is 0 Å². The third-order valence-electron chi connectivity index (χ3n) is 4.47. The second kappa shape index (κ2) is 9.03. The largest absolute Gasteiger partial charge is 0.344 e. The van der Waals surface area contributed by atoms with Crippen LogP contribution in [-0.4, -0.2) is 37.9 Å². The normalized spacial score (nSPS) is 11.8. The van der Waals surface area contributed by atoms with Gasteiger partial charge in [-0.3, -0.25) is 9.59 Å². The van der Waals surface area contributed by atoms with Gasteiger partial charge in [0.15, 0.2) is 5.78 Å². The first-order valence-corrected chi connectivity index (χ1v) is 9.26. The average molecular weight is 377 g/mol. The molecule has 1 atom stereocenters. The summed E-state index contributed by atoms with van der Waals surface area (Å²) in [7, 11) is 0. The van der Waals surface area contributed by atoms with Crippen molar-refractivity contribution in [2.24, 2.45) is 0 Å². The smallest absolute Gasteiger partial charge is 0.244 e. The SMILES string of the molecule is CCc1ccc(-c2nnn(CC(=O)N[C@H](Cc3ccccc3)C(C)=O)n2)cc1. The molecule has 7 nitrogen and oxygen atoms in total. The monoisotopic (exact) mass is 377 g/mol. The number of benzene rings is 2. The highest BCUT2D eigenvalue weighted by Crippen LogP contribution is 2.14. The number of ketones is 1. The lowest BCUT2D eigenvalue weighted by Gasteiger charge is -2.15. The van der Waals surface area contributed by atoms with E-state index in [1.54, 1.807) is 0 Å². The van der Waals surface area contributed by atoms with Crippen molar-refractivity contribution >= 4 is 11.7 Å². The van der Waals surface area contributed by atoms with Gasteiger partial charge in [0.05, 0.1) is 6.04 Å². The zero-order valence-corrected chi connectivity index (χ0v) is 16.0. The quantitative estimate of drug-likeness (QED) is 0.650. The fourth-order valence-corrected chi connectivity index (χ4v) is 2.83. The predicted octanol–water partition coefficient (Wildman–Crippen LogP) is 2.22. The van der Waals surface area contributed by atoms with E-state index in [9.17, 15) is 9.59 Å². The molecule has 0 saturated carbocycles. The fourth-order valence-electron chi connectivity index (χ4n) is 2.83. The summed E-state index contributed by atoms with van der Waals surface area (Å²) in [6.45, 7) is 3.46. The Morgan fingerprint density at radius 1 is 1.04 bits per heavy atom. The van der Waals surface area contributed by atoms with Crippen molar-refractivity contribution in [3.63, 3.8) is 0 Å². The van der Waals surface area contributed by atoms with Gasteiger partial charge in [0.1, 0.15) is 6.54 Å². The number of aryl methyl sites for hydroxylation is 1. The summed E-state index contributed by atoms with van der Waals surface area (Å²) in [5.41, 5.74) is 3.05. The number of carbonyl (C=O) groups is 2. The summed E-state index contributed by atoms with van der Waals surface area (Å²) < 4.78 is 0. The van der Waals surface area contributed by atoms with Crippen LogP contribution in [0.5, 0.6) is 0 Å². The van der Waals surface area contributed by atoms with Crippen molar-refractivity contribution in [2.75, 3.05) is 0 Å². The first-order chi connectivity index (χ1) is 13.5. The molecule has 0 aliphatic carbocycles. The van der Waals surface area contributed by atoms with Crippen molar-refractivity contribution in [3.8, 4) is 11.4 Å². The van der Waals surface area contributed by atoms with Gasteiger partial charge in [-0.2, -0.15) is 4.80 Å². The number of nitrogens with zero attached hydrogens (tertiary/aromatic N) is 4. The highest BCUT2D eigenvalue weighted by Gasteiger charge is 2.18. The maximum Gasteiger partial charge on any atom is 0.244 e. The lowest BCUT2D eigenvalue weighted by Crippen LogP contribution is -2.43. The first kappa shape index (κ1) is 19.4. The summed E-state index contributed by atoms with van der Waals surface area (Å²) in [6, 6.07) is 16.9. The molecule has 1 heterocycles. The number of tetrazole rings is 1. The standard InChI is InChI=1S/C21H23N5O2/c1-3-16-9-11-18(12-10-16)21-23-25-26(24-21)14-20(28)22-19(15(2)27)13-17-7-5-4-6-8-17/h4-12,19H,3,13-14H2,1-2H3,(H,22,28)/t19-/m1/s1. The van der Waals surface area contributed by atoms with Gasteiger partial charge in [-0.25, -0.2) is 0 Å². The molecular weight excluding hydrogens is 354 g/mol. The maximum atomic E-state index is 12.4. The van der Waals surface area contributed by atoms with Gasteiger partial charge in [-0.15, -0.1) is 10.2 Å². The zero-order chi connectivity index (χ0) is 19.9. The highest BCUT2D eigenvalue weighted by molar-refractivity contribution is 5.87. The van der Waals surface area contributed by atoms with E-state index in [1.165, 1.54) is 17.3 Å². The van der Waals surface area contributed by atoms with Crippen LogP contribution in [0.25, 0.3) is 11.4 Å². The van der Waals surface area contributed by atoms with E-state index >= 15 is 0 Å². The molecule has 0 spiro atoms. The molecule has 7 heteroatoms. The van der Waals surface area contributed by atoms with Crippen LogP contribution in [0.15, 0.2) is 54.6 Å². The van der Waals surface area contributed by atoms with Crippen LogP contribution in [-0.2, 0) is 29.0 Å². The van der Waals surface area contributed by atoms with Gasteiger partial charge in [0.2, 0.25) is 11.7 Å². The Morgan fingerprint density at radius 2 is 1.75 bits per heavy atom. The third kappa shape index (κ3) is 5.09. The minimum Gasteiger partial charge on any atom is -0.344 e. The van der Waals surface area contributed by atoms with Crippen molar-refractivity contribution in [2.45, 2.75) is 39.3 Å². The molecule has 144 valence electrons. The Balaban J connectivity index is 1.62. The predicted molar refractivity (Wildman–Crippen MR) is 105 cm³/mol. The summed E-state index contributed by atoms with van der Waals surface area (Å²) in [4.78, 5) is 25.5. The lowest BCUT2D eigenvalue weighted by atomic mass is 10.0. The highest BCUT2D eigenvalue weighted by atomic mass is 16.2. The van der Waals surface area contributed by atoms with E-state index in [1.807, 2.05) is 54.6 Å². The minimum absolute atomic E-state index is 0.0968. The first-order valence-electron chi connectivity index (χ1n) is 9.26. The van der Waals surface area contributed by atoms with Gasteiger partial charge in [0, 0.05) is 5.56 Å². The fraction of sp³-hybridized carbons (Fsp3) is 0.286. The van der Waals surface area contributed by atoms with Gasteiger partial charge in [-0.1, -0.05) is 61.5 Å². The van der Waals surface area contributed by atoms with Crippen LogP contribution in [0.2, 0.25) is 0 Å². The summed E-state index contributed by atoms with van der Waals surface area (Å²) in [5.74, 6) is 0.0322. The second-order valence-electron chi connectivity index (χ2n) is 6.61. The molecule has 1 amide bonds.